The second-order valence-electron chi connectivity index (χ2n) is 13.3. The van der Waals surface area contributed by atoms with E-state index in [1.165, 1.54) is 12.8 Å². The molecular weight excluding hydrogens is 624 g/mol. The molecular formula is C37H52N6O6. The molecule has 0 radical (unpaired) electrons. The molecule has 12 heteroatoms. The van der Waals surface area contributed by atoms with Crippen LogP contribution in [0.4, 0.5) is 0 Å². The van der Waals surface area contributed by atoms with Crippen LogP contribution in [0.3, 0.4) is 0 Å². The fourth-order valence-corrected chi connectivity index (χ4v) is 6.09. The number of benzene rings is 2. The molecule has 1 fully saturated rings. The number of nitrogens with one attached hydrogen (secondary N) is 5. The number of likely N-dealkylation sites (tertiary alicyclic amines) is 1. The molecule has 4 rings (SSSR count). The van der Waals surface area contributed by atoms with Crippen molar-refractivity contribution in [2.75, 3.05) is 39.3 Å². The van der Waals surface area contributed by atoms with Crippen molar-refractivity contribution in [3.05, 3.63) is 65.7 Å². The summed E-state index contributed by atoms with van der Waals surface area (Å²) in [5, 5.41) is 14.2. The molecule has 2 heterocycles. The van der Waals surface area contributed by atoms with Gasteiger partial charge in [-0.25, -0.2) is 0 Å². The van der Waals surface area contributed by atoms with Gasteiger partial charge in [-0.2, -0.15) is 0 Å². The number of amides is 5. The Labute approximate surface area is 289 Å². The van der Waals surface area contributed by atoms with E-state index < -0.39 is 41.8 Å². The third kappa shape index (κ3) is 12.5. The normalized spacial score (nSPS) is 21.7. The van der Waals surface area contributed by atoms with Gasteiger partial charge >= 0.3 is 0 Å². The number of hydrogen-bond acceptors (Lipinski definition) is 7. The highest BCUT2D eigenvalue weighted by Crippen LogP contribution is 2.19. The maximum Gasteiger partial charge on any atom is 0.255 e. The largest absolute Gasteiger partial charge is 0.493 e. The number of rotatable bonds is 10. The lowest BCUT2D eigenvalue weighted by molar-refractivity contribution is -0.133. The summed E-state index contributed by atoms with van der Waals surface area (Å²) >= 11 is 0. The fourth-order valence-electron chi connectivity index (χ4n) is 6.09. The predicted octanol–water partition coefficient (Wildman–Crippen LogP) is 2.32. The molecule has 5 N–H and O–H groups in total. The summed E-state index contributed by atoms with van der Waals surface area (Å²) in [5.41, 5.74) is 1.09. The van der Waals surface area contributed by atoms with Gasteiger partial charge in [0, 0.05) is 19.5 Å². The molecule has 0 aromatic heterocycles. The Bertz CT molecular complexity index is 1400. The molecule has 0 bridgehead atoms. The second-order valence-corrected chi connectivity index (χ2v) is 13.3. The van der Waals surface area contributed by atoms with E-state index in [-0.39, 0.29) is 43.4 Å². The molecule has 0 aliphatic carbocycles. The number of hydrogen-bond donors (Lipinski definition) is 5. The van der Waals surface area contributed by atoms with Gasteiger partial charge in [-0.15, -0.1) is 0 Å². The lowest BCUT2D eigenvalue weighted by atomic mass is 10.0. The summed E-state index contributed by atoms with van der Waals surface area (Å²) in [4.78, 5) is 69.9. The zero-order valence-electron chi connectivity index (χ0n) is 28.8. The van der Waals surface area contributed by atoms with Crippen molar-refractivity contribution in [3.63, 3.8) is 0 Å². The standard InChI is InChI=1S/C37H52N6O6/c1-26(2)23-29-37(48)42-30(24-27-13-4-3-5-14-27)35(46)39-18-12-22-49-32-16-7-6-15-28(32)34(45)41-31(25-33(44)40-29)36(47)38-17-8-9-19-43-20-10-11-21-43/h3-7,13-16,26,29-31H,8-12,17-25H2,1-2H3,(H,38,47)(H,39,46)(H,40,44)(H,41,45)(H,42,48)/t29-,30-,31-/m0/s1. The second kappa shape index (κ2) is 19.5. The van der Waals surface area contributed by atoms with E-state index in [4.69, 9.17) is 4.74 Å². The monoisotopic (exact) mass is 676 g/mol. The Kier molecular flexibility index (Phi) is 14.9. The van der Waals surface area contributed by atoms with Crippen molar-refractivity contribution in [2.45, 2.75) is 83.3 Å². The quantitative estimate of drug-likeness (QED) is 0.242. The molecule has 3 atom stereocenters. The van der Waals surface area contributed by atoms with Gasteiger partial charge in [0.05, 0.1) is 18.6 Å². The van der Waals surface area contributed by atoms with E-state index in [2.05, 4.69) is 31.5 Å². The van der Waals surface area contributed by atoms with Crippen LogP contribution < -0.4 is 31.3 Å². The molecule has 12 nitrogen and oxygen atoms in total. The van der Waals surface area contributed by atoms with Gasteiger partial charge in [0.1, 0.15) is 23.9 Å². The first-order chi connectivity index (χ1) is 23.7. The number of nitrogens with zero attached hydrogens (tertiary/aromatic N) is 1. The Balaban J connectivity index is 1.53. The molecule has 1 saturated heterocycles. The van der Waals surface area contributed by atoms with Crippen LogP contribution in [-0.2, 0) is 25.6 Å². The Hall–Kier alpha value is -4.45. The fraction of sp³-hybridized carbons (Fsp3) is 0.541. The summed E-state index contributed by atoms with van der Waals surface area (Å²) in [5.74, 6) is -2.13. The van der Waals surface area contributed by atoms with Crippen molar-refractivity contribution in [1.82, 2.24) is 31.5 Å². The first-order valence-electron chi connectivity index (χ1n) is 17.6. The highest BCUT2D eigenvalue weighted by Gasteiger charge is 2.31. The summed E-state index contributed by atoms with van der Waals surface area (Å²) in [7, 11) is 0. The van der Waals surface area contributed by atoms with E-state index >= 15 is 0 Å². The van der Waals surface area contributed by atoms with Gasteiger partial charge in [0.2, 0.25) is 23.6 Å². The summed E-state index contributed by atoms with van der Waals surface area (Å²) in [6.45, 7) is 7.94. The molecule has 2 aliphatic heterocycles. The van der Waals surface area contributed by atoms with Crippen molar-refractivity contribution in [3.8, 4) is 5.75 Å². The highest BCUT2D eigenvalue weighted by molar-refractivity contribution is 6.01. The van der Waals surface area contributed by atoms with Crippen LogP contribution in [0, 0.1) is 5.92 Å². The zero-order chi connectivity index (χ0) is 35.0. The highest BCUT2D eigenvalue weighted by atomic mass is 16.5. The zero-order valence-corrected chi connectivity index (χ0v) is 28.8. The van der Waals surface area contributed by atoms with Crippen LogP contribution in [0.15, 0.2) is 54.6 Å². The number of fused-ring (bicyclic) bond motifs is 1. The minimum atomic E-state index is -1.20. The van der Waals surface area contributed by atoms with Gasteiger partial charge < -0.3 is 36.2 Å². The average Bonchev–Trinajstić information content (AvgIpc) is 3.60. The van der Waals surface area contributed by atoms with E-state index in [9.17, 15) is 24.0 Å². The molecule has 2 aliphatic rings. The molecule has 266 valence electrons. The average molecular weight is 677 g/mol. The van der Waals surface area contributed by atoms with Crippen LogP contribution in [0.2, 0.25) is 0 Å². The molecule has 49 heavy (non-hydrogen) atoms. The predicted molar refractivity (Wildman–Crippen MR) is 187 cm³/mol. The first kappa shape index (κ1) is 37.4. The van der Waals surface area contributed by atoms with Gasteiger partial charge in [-0.1, -0.05) is 56.3 Å². The van der Waals surface area contributed by atoms with E-state index in [0.717, 1.165) is 38.0 Å². The van der Waals surface area contributed by atoms with Crippen molar-refractivity contribution in [2.24, 2.45) is 5.92 Å². The minimum Gasteiger partial charge on any atom is -0.493 e. The van der Waals surface area contributed by atoms with Gasteiger partial charge in [-0.3, -0.25) is 24.0 Å². The third-order valence-electron chi connectivity index (χ3n) is 8.69. The number of carbonyl (C=O) groups excluding carboxylic acids is 5. The summed E-state index contributed by atoms with van der Waals surface area (Å²) in [6.07, 6.45) is 4.76. The Morgan fingerprint density at radius 1 is 0.878 bits per heavy atom. The maximum atomic E-state index is 13.7. The molecule has 0 spiro atoms. The number of para-hydroxylation sites is 1. The van der Waals surface area contributed by atoms with Crippen LogP contribution in [0.1, 0.15) is 74.7 Å². The minimum absolute atomic E-state index is 0.0335. The van der Waals surface area contributed by atoms with E-state index in [1.807, 2.05) is 44.2 Å². The number of ether oxygens (including phenoxy) is 1. The van der Waals surface area contributed by atoms with Crippen LogP contribution in [0.25, 0.3) is 0 Å². The van der Waals surface area contributed by atoms with Gasteiger partial charge in [0.25, 0.3) is 5.91 Å². The molecule has 0 unspecified atom stereocenters. The van der Waals surface area contributed by atoms with Crippen LogP contribution >= 0.6 is 0 Å². The van der Waals surface area contributed by atoms with Crippen LogP contribution in [-0.4, -0.2) is 91.9 Å². The molecule has 2 aromatic carbocycles. The molecule has 5 amide bonds. The molecule has 2 aromatic rings. The Morgan fingerprint density at radius 3 is 2.37 bits per heavy atom. The topological polar surface area (TPSA) is 158 Å². The first-order valence-corrected chi connectivity index (χ1v) is 17.6. The lowest BCUT2D eigenvalue weighted by Gasteiger charge is -2.25. The van der Waals surface area contributed by atoms with Crippen molar-refractivity contribution >= 4 is 29.5 Å². The maximum absolute atomic E-state index is 13.7. The summed E-state index contributed by atoms with van der Waals surface area (Å²) in [6, 6.07) is 13.0. The van der Waals surface area contributed by atoms with E-state index in [0.29, 0.717) is 25.1 Å². The van der Waals surface area contributed by atoms with Crippen LogP contribution in [0.5, 0.6) is 5.75 Å². The van der Waals surface area contributed by atoms with Crippen molar-refractivity contribution in [1.29, 1.82) is 0 Å². The number of carbonyl (C=O) groups is 5. The van der Waals surface area contributed by atoms with Gasteiger partial charge in [0.15, 0.2) is 0 Å². The third-order valence-corrected chi connectivity index (χ3v) is 8.69. The van der Waals surface area contributed by atoms with Gasteiger partial charge in [-0.05, 0) is 81.8 Å². The van der Waals surface area contributed by atoms with E-state index in [1.54, 1.807) is 24.3 Å². The lowest BCUT2D eigenvalue weighted by Crippen LogP contribution is -2.56. The summed E-state index contributed by atoms with van der Waals surface area (Å²) < 4.78 is 5.91. The number of unbranched alkanes of at least 4 members (excludes halogenated alkanes) is 1. The SMILES string of the molecule is CC(C)C[C@@H]1NC(=O)C[C@@H](C(=O)NCCCCN2CCCC2)NC(=O)c2ccccc2OCCCNC(=O)[C@H](Cc2ccccc2)NC1=O. The van der Waals surface area contributed by atoms with Crippen molar-refractivity contribution < 1.29 is 28.7 Å². The molecule has 0 saturated carbocycles. The Morgan fingerprint density at radius 2 is 1.61 bits per heavy atom. The smallest absolute Gasteiger partial charge is 0.255 e.